The molecule has 2 aromatic carbocycles. The Hall–Kier alpha value is -1.59. The summed E-state index contributed by atoms with van der Waals surface area (Å²) in [5.41, 5.74) is 2.96. The Labute approximate surface area is 149 Å². The first-order valence-electron chi connectivity index (χ1n) is 7.62. The normalized spacial score (nSPS) is 25.4. The molecule has 1 saturated heterocycles. The molecule has 2 heterocycles. The maximum Gasteiger partial charge on any atom is 0.188 e. The van der Waals surface area contributed by atoms with Crippen LogP contribution < -0.4 is 15.0 Å². The number of anilines is 1. The molecule has 0 radical (unpaired) electrons. The Balaban J connectivity index is 1.81. The molecule has 2 bridgehead atoms. The standard InChI is InChI=1S/C18H17BrN2OS/c1-11-6-7-16-14(8-11)15-10-18(2,22-16)21(17(23)20-15)13-5-3-4-12(19)9-13/h3-9,15H,10H2,1-2H3,(H,20,23)/t15-,18-/m1/s1. The van der Waals surface area contributed by atoms with E-state index in [0.29, 0.717) is 5.11 Å². The van der Waals surface area contributed by atoms with Crippen LogP contribution in [-0.2, 0) is 0 Å². The molecule has 4 rings (SSSR count). The molecule has 2 atom stereocenters. The first kappa shape index (κ1) is 15.0. The summed E-state index contributed by atoms with van der Waals surface area (Å²) in [7, 11) is 0. The van der Waals surface area contributed by atoms with Crippen LogP contribution in [0, 0.1) is 6.92 Å². The predicted molar refractivity (Wildman–Crippen MR) is 99.9 cm³/mol. The van der Waals surface area contributed by atoms with E-state index >= 15 is 0 Å². The van der Waals surface area contributed by atoms with Crippen molar-refractivity contribution in [3.63, 3.8) is 0 Å². The quantitative estimate of drug-likeness (QED) is 0.716. The van der Waals surface area contributed by atoms with Gasteiger partial charge >= 0.3 is 0 Å². The lowest BCUT2D eigenvalue weighted by Crippen LogP contribution is -2.65. The number of rotatable bonds is 1. The van der Waals surface area contributed by atoms with Gasteiger partial charge in [-0.05, 0) is 50.3 Å². The SMILES string of the molecule is Cc1ccc2c(c1)[C@H]1C[C@@](C)(O2)N(c2cccc(Br)c2)C(=S)N1. The summed E-state index contributed by atoms with van der Waals surface area (Å²) in [6, 6.07) is 14.7. The van der Waals surface area contributed by atoms with Crippen molar-refractivity contribution in [3.8, 4) is 5.75 Å². The summed E-state index contributed by atoms with van der Waals surface area (Å²) in [5, 5.41) is 4.19. The highest BCUT2D eigenvalue weighted by molar-refractivity contribution is 9.10. The predicted octanol–water partition coefficient (Wildman–Crippen LogP) is 4.69. The van der Waals surface area contributed by atoms with Gasteiger partial charge in [0.2, 0.25) is 0 Å². The van der Waals surface area contributed by atoms with E-state index in [9.17, 15) is 0 Å². The number of nitrogens with one attached hydrogen (secondary N) is 1. The molecule has 1 fully saturated rings. The van der Waals surface area contributed by atoms with Crippen LogP contribution in [0.5, 0.6) is 5.75 Å². The van der Waals surface area contributed by atoms with Crippen molar-refractivity contribution >= 4 is 38.9 Å². The first-order chi connectivity index (χ1) is 11.0. The van der Waals surface area contributed by atoms with Gasteiger partial charge in [0, 0.05) is 22.1 Å². The second-order valence-corrected chi connectivity index (χ2v) is 7.64. The third-order valence-electron chi connectivity index (χ3n) is 4.49. The Kier molecular flexibility index (Phi) is 3.39. The number of benzene rings is 2. The maximum atomic E-state index is 6.41. The fourth-order valence-electron chi connectivity index (χ4n) is 3.50. The Morgan fingerprint density at radius 1 is 1.30 bits per heavy atom. The van der Waals surface area contributed by atoms with E-state index in [-0.39, 0.29) is 6.04 Å². The Morgan fingerprint density at radius 3 is 2.91 bits per heavy atom. The zero-order valence-electron chi connectivity index (χ0n) is 13.0. The van der Waals surface area contributed by atoms with Crippen molar-refractivity contribution in [2.24, 2.45) is 0 Å². The van der Waals surface area contributed by atoms with Crippen molar-refractivity contribution in [3.05, 3.63) is 58.1 Å². The topological polar surface area (TPSA) is 24.5 Å². The number of aryl methyl sites for hydroxylation is 1. The molecule has 0 aromatic heterocycles. The third kappa shape index (κ3) is 2.42. The molecule has 2 aromatic rings. The number of halogens is 1. The van der Waals surface area contributed by atoms with Crippen molar-refractivity contribution in [1.29, 1.82) is 0 Å². The van der Waals surface area contributed by atoms with Gasteiger partial charge in [0.05, 0.1) is 6.04 Å². The molecule has 0 unspecified atom stereocenters. The molecular formula is C18H17BrN2OS. The number of hydrogen-bond donors (Lipinski definition) is 1. The van der Waals surface area contributed by atoms with Gasteiger partial charge in [-0.3, -0.25) is 4.90 Å². The van der Waals surface area contributed by atoms with Crippen LogP contribution in [0.2, 0.25) is 0 Å². The minimum Gasteiger partial charge on any atom is -0.467 e. The molecule has 1 N–H and O–H groups in total. The summed E-state index contributed by atoms with van der Waals surface area (Å²) >= 11 is 9.20. The molecule has 2 aliphatic heterocycles. The van der Waals surface area contributed by atoms with Crippen molar-refractivity contribution in [1.82, 2.24) is 5.32 Å². The molecule has 118 valence electrons. The lowest BCUT2D eigenvalue weighted by molar-refractivity contribution is 0.0497. The number of ether oxygens (including phenoxy) is 1. The molecule has 2 aliphatic rings. The van der Waals surface area contributed by atoms with Crippen molar-refractivity contribution in [2.45, 2.75) is 32.0 Å². The minimum atomic E-state index is -0.490. The monoisotopic (exact) mass is 388 g/mol. The maximum absolute atomic E-state index is 6.41. The fourth-order valence-corrected chi connectivity index (χ4v) is 4.33. The molecule has 5 heteroatoms. The van der Waals surface area contributed by atoms with E-state index < -0.39 is 5.72 Å². The molecular weight excluding hydrogens is 372 g/mol. The molecule has 0 saturated carbocycles. The van der Waals surface area contributed by atoms with Crippen LogP contribution in [0.4, 0.5) is 5.69 Å². The van der Waals surface area contributed by atoms with Gasteiger partial charge < -0.3 is 10.1 Å². The highest BCUT2D eigenvalue weighted by Gasteiger charge is 2.48. The van der Waals surface area contributed by atoms with Crippen LogP contribution in [0.3, 0.4) is 0 Å². The second kappa shape index (κ2) is 5.21. The number of hydrogen-bond acceptors (Lipinski definition) is 2. The zero-order chi connectivity index (χ0) is 16.2. The van der Waals surface area contributed by atoms with Crippen LogP contribution in [0.1, 0.15) is 30.5 Å². The average molecular weight is 389 g/mol. The summed E-state index contributed by atoms with van der Waals surface area (Å²) in [5.74, 6) is 0.935. The summed E-state index contributed by atoms with van der Waals surface area (Å²) < 4.78 is 7.43. The largest absolute Gasteiger partial charge is 0.467 e. The molecule has 0 spiro atoms. The third-order valence-corrected chi connectivity index (χ3v) is 5.29. The van der Waals surface area contributed by atoms with Crippen LogP contribution in [0.25, 0.3) is 0 Å². The Morgan fingerprint density at radius 2 is 2.13 bits per heavy atom. The van der Waals surface area contributed by atoms with Crippen LogP contribution in [0.15, 0.2) is 46.9 Å². The van der Waals surface area contributed by atoms with Crippen molar-refractivity contribution in [2.75, 3.05) is 4.90 Å². The summed E-state index contributed by atoms with van der Waals surface area (Å²) in [6.45, 7) is 4.21. The smallest absolute Gasteiger partial charge is 0.188 e. The highest BCUT2D eigenvalue weighted by Crippen LogP contribution is 2.45. The van der Waals surface area contributed by atoms with Gasteiger partial charge in [-0.2, -0.15) is 0 Å². The van der Waals surface area contributed by atoms with E-state index in [1.807, 2.05) is 12.1 Å². The molecule has 23 heavy (non-hydrogen) atoms. The lowest BCUT2D eigenvalue weighted by atomic mass is 9.89. The highest BCUT2D eigenvalue weighted by atomic mass is 79.9. The number of nitrogens with zero attached hydrogens (tertiary/aromatic N) is 1. The van der Waals surface area contributed by atoms with E-state index in [1.54, 1.807) is 0 Å². The first-order valence-corrected chi connectivity index (χ1v) is 8.82. The van der Waals surface area contributed by atoms with Gasteiger partial charge in [0.1, 0.15) is 5.75 Å². The number of thiocarbonyl (C=S) groups is 1. The minimum absolute atomic E-state index is 0.194. The summed E-state index contributed by atoms with van der Waals surface area (Å²) in [6.07, 6.45) is 0.843. The van der Waals surface area contributed by atoms with E-state index in [1.165, 1.54) is 11.1 Å². The van der Waals surface area contributed by atoms with Crippen LogP contribution >= 0.6 is 28.1 Å². The van der Waals surface area contributed by atoms with Crippen LogP contribution in [-0.4, -0.2) is 10.8 Å². The molecule has 0 amide bonds. The van der Waals surface area contributed by atoms with Gasteiger partial charge in [0.25, 0.3) is 0 Å². The number of fused-ring (bicyclic) bond motifs is 4. The summed E-state index contributed by atoms with van der Waals surface area (Å²) in [4.78, 5) is 2.08. The second-order valence-electron chi connectivity index (χ2n) is 6.34. The zero-order valence-corrected chi connectivity index (χ0v) is 15.4. The van der Waals surface area contributed by atoms with Gasteiger partial charge in [-0.1, -0.05) is 39.7 Å². The average Bonchev–Trinajstić information content (AvgIpc) is 2.47. The molecule has 0 aliphatic carbocycles. The van der Waals surface area contributed by atoms with E-state index in [4.69, 9.17) is 17.0 Å². The van der Waals surface area contributed by atoms with Gasteiger partial charge in [0.15, 0.2) is 10.8 Å². The van der Waals surface area contributed by atoms with Gasteiger partial charge in [-0.15, -0.1) is 0 Å². The lowest BCUT2D eigenvalue weighted by Gasteiger charge is -2.52. The van der Waals surface area contributed by atoms with Gasteiger partial charge in [-0.25, -0.2) is 0 Å². The van der Waals surface area contributed by atoms with Crippen molar-refractivity contribution < 1.29 is 4.74 Å². The Bertz CT molecular complexity index is 809. The van der Waals surface area contributed by atoms with E-state index in [2.05, 4.69) is 70.3 Å². The molecule has 3 nitrogen and oxygen atoms in total. The fraction of sp³-hybridized carbons (Fsp3) is 0.278. The van der Waals surface area contributed by atoms with E-state index in [0.717, 1.165) is 22.3 Å².